The van der Waals surface area contributed by atoms with Crippen LogP contribution in [-0.4, -0.2) is 48.8 Å². The maximum absolute atomic E-state index is 13.9. The number of nitrogens with zero attached hydrogens (tertiary/aromatic N) is 2. The van der Waals surface area contributed by atoms with E-state index in [1.165, 1.54) is 16.6 Å². The third-order valence-corrected chi connectivity index (χ3v) is 5.24. The molecular weight excluding hydrogens is 319 g/mol. The number of aromatic amines is 1. The number of rotatable bonds is 6. The number of hydrogen-bond donors (Lipinski definition) is 2. The maximum atomic E-state index is 13.9. The van der Waals surface area contributed by atoms with Gasteiger partial charge in [0.1, 0.15) is 5.82 Å². The van der Waals surface area contributed by atoms with Gasteiger partial charge in [-0.3, -0.25) is 5.10 Å². The Morgan fingerprint density at radius 2 is 2.13 bits per heavy atom. The van der Waals surface area contributed by atoms with Crippen LogP contribution in [0, 0.1) is 11.7 Å². The van der Waals surface area contributed by atoms with Gasteiger partial charge in [-0.15, -0.1) is 0 Å². The van der Waals surface area contributed by atoms with Gasteiger partial charge >= 0.3 is 0 Å². The van der Waals surface area contributed by atoms with Crippen molar-refractivity contribution < 1.29 is 12.8 Å². The summed E-state index contributed by atoms with van der Waals surface area (Å²) in [5.41, 5.74) is 2.05. The van der Waals surface area contributed by atoms with Crippen LogP contribution in [0.1, 0.15) is 5.56 Å². The molecule has 8 heteroatoms. The van der Waals surface area contributed by atoms with Crippen LogP contribution < -0.4 is 5.32 Å². The largest absolute Gasteiger partial charge is 0.312 e. The van der Waals surface area contributed by atoms with Crippen molar-refractivity contribution in [3.63, 3.8) is 0 Å². The average Bonchev–Trinajstić information content (AvgIpc) is 2.88. The first-order valence-corrected chi connectivity index (χ1v) is 9.23. The summed E-state index contributed by atoms with van der Waals surface area (Å²) in [7, 11) is -3.07. The maximum Gasteiger partial charge on any atom is 0.211 e. The summed E-state index contributed by atoms with van der Waals surface area (Å²) in [6, 6.07) is 6.56. The molecule has 1 saturated heterocycles. The van der Waals surface area contributed by atoms with E-state index in [9.17, 15) is 12.8 Å². The second kappa shape index (κ2) is 6.38. The van der Waals surface area contributed by atoms with Gasteiger partial charge in [-0.2, -0.15) is 5.10 Å². The molecule has 0 atom stereocenters. The van der Waals surface area contributed by atoms with E-state index in [0.29, 0.717) is 43.4 Å². The summed E-state index contributed by atoms with van der Waals surface area (Å²) >= 11 is 0. The predicted molar refractivity (Wildman–Crippen MR) is 85.6 cm³/mol. The lowest BCUT2D eigenvalue weighted by Gasteiger charge is -2.37. The minimum Gasteiger partial charge on any atom is -0.312 e. The molecule has 6 nitrogen and oxygen atoms in total. The van der Waals surface area contributed by atoms with Gasteiger partial charge in [-0.25, -0.2) is 17.1 Å². The summed E-state index contributed by atoms with van der Waals surface area (Å²) in [6.07, 6.45) is 2.90. The van der Waals surface area contributed by atoms with Crippen LogP contribution in [0.15, 0.2) is 30.5 Å². The van der Waals surface area contributed by atoms with Crippen molar-refractivity contribution in [1.82, 2.24) is 19.8 Å². The number of benzene rings is 1. The Bertz CT molecular complexity index is 784. The van der Waals surface area contributed by atoms with E-state index in [4.69, 9.17) is 0 Å². The molecule has 0 bridgehead atoms. The Morgan fingerprint density at radius 3 is 2.83 bits per heavy atom. The summed E-state index contributed by atoms with van der Waals surface area (Å²) in [5.74, 6) is 0.0225. The molecule has 23 heavy (non-hydrogen) atoms. The summed E-state index contributed by atoms with van der Waals surface area (Å²) < 4.78 is 38.0. The van der Waals surface area contributed by atoms with E-state index in [0.717, 1.165) is 5.56 Å². The van der Waals surface area contributed by atoms with E-state index in [1.54, 1.807) is 24.4 Å². The molecule has 2 aromatic rings. The van der Waals surface area contributed by atoms with E-state index in [-0.39, 0.29) is 5.82 Å². The van der Waals surface area contributed by atoms with Gasteiger partial charge in [0, 0.05) is 37.3 Å². The average molecular weight is 338 g/mol. The van der Waals surface area contributed by atoms with Gasteiger partial charge in [0.25, 0.3) is 0 Å². The quantitative estimate of drug-likeness (QED) is 0.830. The molecule has 0 amide bonds. The van der Waals surface area contributed by atoms with Gasteiger partial charge in [-0.1, -0.05) is 12.1 Å². The van der Waals surface area contributed by atoms with Gasteiger partial charge in [0.15, 0.2) is 0 Å². The molecule has 1 aliphatic rings. The Morgan fingerprint density at radius 1 is 1.39 bits per heavy atom. The SMILES string of the molecule is CS(=O)(=O)N1CC(CNCc2cn[nH]c2-c2ccccc2F)C1. The van der Waals surface area contributed by atoms with Crippen LogP contribution in [0.4, 0.5) is 4.39 Å². The molecule has 0 unspecified atom stereocenters. The van der Waals surface area contributed by atoms with Crippen molar-refractivity contribution in [3.8, 4) is 11.3 Å². The summed E-state index contributed by atoms with van der Waals surface area (Å²) in [4.78, 5) is 0. The fourth-order valence-electron chi connectivity index (χ4n) is 2.68. The molecule has 1 aliphatic heterocycles. The van der Waals surface area contributed by atoms with Crippen molar-refractivity contribution in [1.29, 1.82) is 0 Å². The highest BCUT2D eigenvalue weighted by Crippen LogP contribution is 2.24. The third kappa shape index (κ3) is 3.60. The van der Waals surface area contributed by atoms with Crippen LogP contribution >= 0.6 is 0 Å². The zero-order valence-corrected chi connectivity index (χ0v) is 13.6. The normalized spacial score (nSPS) is 16.4. The highest BCUT2D eigenvalue weighted by atomic mass is 32.2. The minimum absolute atomic E-state index is 0.291. The number of sulfonamides is 1. The van der Waals surface area contributed by atoms with Crippen LogP contribution in [0.2, 0.25) is 0 Å². The third-order valence-electron chi connectivity index (χ3n) is 4.00. The number of H-pyrrole nitrogens is 1. The molecule has 2 heterocycles. The molecule has 1 aromatic heterocycles. The molecular formula is C15H19FN4O2S. The fourth-order valence-corrected chi connectivity index (χ4v) is 3.64. The van der Waals surface area contributed by atoms with E-state index < -0.39 is 10.0 Å². The molecule has 0 aliphatic carbocycles. The highest BCUT2D eigenvalue weighted by Gasteiger charge is 2.32. The molecule has 1 fully saturated rings. The highest BCUT2D eigenvalue weighted by molar-refractivity contribution is 7.88. The van der Waals surface area contributed by atoms with Crippen molar-refractivity contribution >= 4 is 10.0 Å². The lowest BCUT2D eigenvalue weighted by molar-refractivity contribution is 0.197. The molecule has 0 radical (unpaired) electrons. The van der Waals surface area contributed by atoms with Gasteiger partial charge in [0.05, 0.1) is 18.1 Å². The number of hydrogen-bond acceptors (Lipinski definition) is 4. The second-order valence-electron chi connectivity index (χ2n) is 5.83. The first-order chi connectivity index (χ1) is 10.9. The fraction of sp³-hybridized carbons (Fsp3) is 0.400. The number of nitrogens with one attached hydrogen (secondary N) is 2. The standard InChI is InChI=1S/C15H19FN4O2S/c1-23(21,22)20-9-11(10-20)6-17-7-12-8-18-19-15(12)13-4-2-3-5-14(13)16/h2-5,8,11,17H,6-7,9-10H2,1H3,(H,18,19). The van der Waals surface area contributed by atoms with Crippen molar-refractivity contribution in [2.45, 2.75) is 6.54 Å². The smallest absolute Gasteiger partial charge is 0.211 e. The van der Waals surface area contributed by atoms with Gasteiger partial charge in [-0.05, 0) is 18.1 Å². The Labute approximate surface area is 134 Å². The summed E-state index contributed by atoms with van der Waals surface area (Å²) in [6.45, 7) is 2.37. The van der Waals surface area contributed by atoms with Gasteiger partial charge in [0.2, 0.25) is 10.0 Å². The van der Waals surface area contributed by atoms with Crippen molar-refractivity contribution in [2.24, 2.45) is 5.92 Å². The van der Waals surface area contributed by atoms with E-state index in [1.807, 2.05) is 0 Å². The van der Waals surface area contributed by atoms with Crippen LogP contribution in [0.3, 0.4) is 0 Å². The van der Waals surface area contributed by atoms with E-state index in [2.05, 4.69) is 15.5 Å². The minimum atomic E-state index is -3.07. The van der Waals surface area contributed by atoms with Crippen LogP contribution in [-0.2, 0) is 16.6 Å². The van der Waals surface area contributed by atoms with Crippen LogP contribution in [0.5, 0.6) is 0 Å². The Hall–Kier alpha value is -1.77. The molecule has 124 valence electrons. The van der Waals surface area contributed by atoms with Crippen LogP contribution in [0.25, 0.3) is 11.3 Å². The molecule has 0 saturated carbocycles. The topological polar surface area (TPSA) is 78.1 Å². The van der Waals surface area contributed by atoms with Crippen molar-refractivity contribution in [3.05, 3.63) is 41.8 Å². The predicted octanol–water partition coefficient (Wildman–Crippen LogP) is 1.20. The monoisotopic (exact) mass is 338 g/mol. The molecule has 2 N–H and O–H groups in total. The number of halogens is 1. The van der Waals surface area contributed by atoms with Gasteiger partial charge < -0.3 is 5.32 Å². The molecule has 1 aromatic carbocycles. The molecule has 0 spiro atoms. The van der Waals surface area contributed by atoms with Crippen molar-refractivity contribution in [2.75, 3.05) is 25.9 Å². The Balaban J connectivity index is 1.55. The number of aromatic nitrogens is 2. The first-order valence-electron chi connectivity index (χ1n) is 7.38. The first kappa shape index (κ1) is 16.1. The lowest BCUT2D eigenvalue weighted by atomic mass is 10.0. The van der Waals surface area contributed by atoms with E-state index >= 15 is 0 Å². The molecule has 3 rings (SSSR count). The zero-order valence-electron chi connectivity index (χ0n) is 12.8. The second-order valence-corrected chi connectivity index (χ2v) is 7.81. The summed E-state index contributed by atoms with van der Waals surface area (Å²) in [5, 5.41) is 10.1. The Kier molecular flexibility index (Phi) is 4.47. The zero-order chi connectivity index (χ0) is 16.4. The lowest BCUT2D eigenvalue weighted by Crippen LogP contribution is -2.52.